The molecule has 3 fully saturated rings. The fourth-order valence-electron chi connectivity index (χ4n) is 5.04. The number of hydrogen-bond donors (Lipinski definition) is 1. The molecule has 2 aliphatic carbocycles. The van der Waals surface area contributed by atoms with Crippen molar-refractivity contribution in [3.63, 3.8) is 0 Å². The van der Waals surface area contributed by atoms with Crippen molar-refractivity contribution in [2.24, 2.45) is 16.1 Å². The molecule has 2 N–H and O–H groups in total. The maximum absolute atomic E-state index is 6.44. The van der Waals surface area contributed by atoms with Crippen LogP contribution in [0.3, 0.4) is 0 Å². The molecule has 0 bridgehead atoms. The van der Waals surface area contributed by atoms with Crippen molar-refractivity contribution in [2.45, 2.75) is 57.6 Å². The number of nitrogens with zero attached hydrogens (tertiary/aromatic N) is 5. The molecule has 3 aliphatic rings. The molecule has 2 unspecified atom stereocenters. The lowest BCUT2D eigenvalue weighted by Crippen LogP contribution is -2.59. The third kappa shape index (κ3) is 3.61. The van der Waals surface area contributed by atoms with Crippen molar-refractivity contribution < 1.29 is 4.74 Å². The van der Waals surface area contributed by atoms with Crippen LogP contribution in [0.25, 0.3) is 0 Å². The van der Waals surface area contributed by atoms with Gasteiger partial charge in [-0.2, -0.15) is 0 Å². The van der Waals surface area contributed by atoms with Gasteiger partial charge in [0.2, 0.25) is 5.95 Å². The molecular weight excluding hydrogens is 340 g/mol. The third-order valence-corrected chi connectivity index (χ3v) is 6.62. The number of ether oxygens (including phenoxy) is 1. The summed E-state index contributed by atoms with van der Waals surface area (Å²) < 4.78 is 6.05. The highest BCUT2D eigenvalue weighted by Gasteiger charge is 2.56. The Morgan fingerprint density at radius 2 is 1.89 bits per heavy atom. The summed E-state index contributed by atoms with van der Waals surface area (Å²) in [7, 11) is 0. The van der Waals surface area contributed by atoms with Gasteiger partial charge < -0.3 is 20.3 Å². The molecule has 1 aromatic rings. The van der Waals surface area contributed by atoms with E-state index in [-0.39, 0.29) is 5.41 Å². The summed E-state index contributed by atoms with van der Waals surface area (Å²) in [6.45, 7) is 6.36. The quantitative estimate of drug-likeness (QED) is 0.644. The van der Waals surface area contributed by atoms with Gasteiger partial charge in [0.25, 0.3) is 0 Å². The maximum Gasteiger partial charge on any atom is 0.225 e. The van der Waals surface area contributed by atoms with E-state index in [9.17, 15) is 0 Å². The van der Waals surface area contributed by atoms with E-state index in [2.05, 4.69) is 26.7 Å². The van der Waals surface area contributed by atoms with E-state index >= 15 is 0 Å². The zero-order chi connectivity index (χ0) is 18.7. The Bertz CT molecular complexity index is 637. The monoisotopic (exact) mass is 372 g/mol. The predicted molar refractivity (Wildman–Crippen MR) is 107 cm³/mol. The topological polar surface area (TPSA) is 79.9 Å². The molecule has 1 spiro atoms. The second-order valence-corrected chi connectivity index (χ2v) is 8.00. The van der Waals surface area contributed by atoms with E-state index in [0.29, 0.717) is 18.1 Å². The van der Waals surface area contributed by atoms with E-state index < -0.39 is 0 Å². The zero-order valence-corrected chi connectivity index (χ0v) is 16.4. The van der Waals surface area contributed by atoms with Crippen molar-refractivity contribution >= 4 is 11.9 Å². The summed E-state index contributed by atoms with van der Waals surface area (Å²) >= 11 is 0. The Kier molecular flexibility index (Phi) is 5.48. The molecule has 0 aromatic carbocycles. The van der Waals surface area contributed by atoms with Crippen LogP contribution in [0.4, 0.5) is 5.95 Å². The lowest BCUT2D eigenvalue weighted by Gasteiger charge is -2.56. The summed E-state index contributed by atoms with van der Waals surface area (Å²) in [4.78, 5) is 18.1. The minimum absolute atomic E-state index is 0.235. The van der Waals surface area contributed by atoms with Crippen molar-refractivity contribution in [2.75, 3.05) is 37.7 Å². The molecule has 1 saturated heterocycles. The van der Waals surface area contributed by atoms with Crippen LogP contribution in [0.15, 0.2) is 23.5 Å². The summed E-state index contributed by atoms with van der Waals surface area (Å²) in [5.41, 5.74) is 6.67. The fraction of sp³-hybridized carbons (Fsp3) is 0.750. The summed E-state index contributed by atoms with van der Waals surface area (Å²) in [5.74, 6) is 1.50. The molecule has 0 radical (unpaired) electrons. The van der Waals surface area contributed by atoms with E-state index in [1.165, 1.54) is 32.1 Å². The van der Waals surface area contributed by atoms with E-state index in [1.54, 1.807) is 12.4 Å². The summed E-state index contributed by atoms with van der Waals surface area (Å²) in [5, 5.41) is 0. The van der Waals surface area contributed by atoms with Crippen LogP contribution in [-0.2, 0) is 4.74 Å². The van der Waals surface area contributed by atoms with Crippen LogP contribution in [-0.4, -0.2) is 65.8 Å². The number of aromatic nitrogens is 2. The minimum Gasteiger partial charge on any atom is -0.378 e. The van der Waals surface area contributed by atoms with Gasteiger partial charge in [0, 0.05) is 50.6 Å². The van der Waals surface area contributed by atoms with Crippen LogP contribution < -0.4 is 10.6 Å². The van der Waals surface area contributed by atoms with Gasteiger partial charge in [0.1, 0.15) is 0 Å². The first-order chi connectivity index (χ1) is 13.2. The van der Waals surface area contributed by atoms with Gasteiger partial charge in [-0.3, -0.25) is 0 Å². The minimum atomic E-state index is 0.235. The number of hydrogen-bond acceptors (Lipinski definition) is 5. The van der Waals surface area contributed by atoms with Crippen molar-refractivity contribution in [3.8, 4) is 0 Å². The highest BCUT2D eigenvalue weighted by atomic mass is 16.5. The average Bonchev–Trinajstić information content (AvgIpc) is 2.74. The van der Waals surface area contributed by atoms with Gasteiger partial charge >= 0.3 is 0 Å². The molecule has 4 rings (SSSR count). The third-order valence-electron chi connectivity index (χ3n) is 6.62. The van der Waals surface area contributed by atoms with Gasteiger partial charge in [-0.15, -0.1) is 0 Å². The van der Waals surface area contributed by atoms with Crippen LogP contribution >= 0.6 is 0 Å². The molecule has 27 heavy (non-hydrogen) atoms. The second kappa shape index (κ2) is 8.00. The predicted octanol–water partition coefficient (Wildman–Crippen LogP) is 2.04. The Balaban J connectivity index is 1.38. The molecule has 2 atom stereocenters. The Labute approximate surface area is 162 Å². The Morgan fingerprint density at radius 1 is 1.19 bits per heavy atom. The van der Waals surface area contributed by atoms with E-state index in [4.69, 9.17) is 15.5 Å². The first kappa shape index (κ1) is 18.5. The smallest absolute Gasteiger partial charge is 0.225 e. The standard InChI is InChI=1S/C20H32N6O/c1-2-27-17-15-16(20(17)7-4-3-5-8-20)24-18(21)25-11-13-26(14-12-25)19-22-9-6-10-23-19/h6,9-10,16-17H,2-5,7-8,11-15H2,1H3,(H2,21,24). The van der Waals surface area contributed by atoms with E-state index in [1.807, 2.05) is 6.07 Å². The molecule has 7 heteroatoms. The van der Waals surface area contributed by atoms with E-state index in [0.717, 1.165) is 45.2 Å². The van der Waals surface area contributed by atoms with Gasteiger partial charge in [-0.1, -0.05) is 19.3 Å². The SMILES string of the molecule is CCOC1CC(N=C(N)N2CCN(c3ncccn3)CC2)C12CCCCC2. The molecule has 148 valence electrons. The van der Waals surface area contributed by atoms with Crippen LogP contribution in [0.5, 0.6) is 0 Å². The summed E-state index contributed by atoms with van der Waals surface area (Å²) in [6, 6.07) is 2.17. The lowest BCUT2D eigenvalue weighted by atomic mass is 9.55. The Morgan fingerprint density at radius 3 is 2.56 bits per heavy atom. The maximum atomic E-state index is 6.44. The first-order valence-electron chi connectivity index (χ1n) is 10.4. The van der Waals surface area contributed by atoms with Crippen molar-refractivity contribution in [1.82, 2.24) is 14.9 Å². The number of rotatable bonds is 4. The lowest BCUT2D eigenvalue weighted by molar-refractivity contribution is -0.139. The molecule has 0 amide bonds. The number of guanidine groups is 1. The van der Waals surface area contributed by atoms with Crippen molar-refractivity contribution in [1.29, 1.82) is 0 Å². The largest absolute Gasteiger partial charge is 0.378 e. The normalized spacial score (nSPS) is 28.3. The number of piperazine rings is 1. The molecule has 2 heterocycles. The van der Waals surface area contributed by atoms with Crippen LogP contribution in [0, 0.1) is 5.41 Å². The zero-order valence-electron chi connectivity index (χ0n) is 16.4. The molecule has 1 aliphatic heterocycles. The fourth-order valence-corrected chi connectivity index (χ4v) is 5.04. The van der Waals surface area contributed by atoms with Crippen LogP contribution in [0.2, 0.25) is 0 Å². The molecular formula is C20H32N6O. The number of aliphatic imine (C=N–C) groups is 1. The van der Waals surface area contributed by atoms with Gasteiger partial charge in [0.05, 0.1) is 12.1 Å². The van der Waals surface area contributed by atoms with Gasteiger partial charge in [-0.05, 0) is 32.3 Å². The molecule has 7 nitrogen and oxygen atoms in total. The highest BCUT2D eigenvalue weighted by molar-refractivity contribution is 5.78. The molecule has 1 aromatic heterocycles. The van der Waals surface area contributed by atoms with Crippen LogP contribution in [0.1, 0.15) is 45.4 Å². The Hall–Kier alpha value is -1.89. The van der Waals surface area contributed by atoms with Crippen molar-refractivity contribution in [3.05, 3.63) is 18.5 Å². The summed E-state index contributed by atoms with van der Waals surface area (Å²) in [6.07, 6.45) is 11.4. The average molecular weight is 373 g/mol. The first-order valence-corrected chi connectivity index (χ1v) is 10.4. The second-order valence-electron chi connectivity index (χ2n) is 8.00. The van der Waals surface area contributed by atoms with Gasteiger partial charge in [-0.25, -0.2) is 15.0 Å². The highest BCUT2D eigenvalue weighted by Crippen LogP contribution is 2.54. The number of nitrogens with two attached hydrogens (primary N) is 1. The van der Waals surface area contributed by atoms with Gasteiger partial charge in [0.15, 0.2) is 5.96 Å². The number of anilines is 1. The molecule has 2 saturated carbocycles.